The molecule has 0 aliphatic rings. The minimum atomic E-state index is -2.09. The summed E-state index contributed by atoms with van der Waals surface area (Å²) < 4.78 is 4.85. The molecule has 0 saturated carbocycles. The Morgan fingerprint density at radius 2 is 2.06 bits per heavy atom. The first kappa shape index (κ1) is 13.5. The lowest BCUT2D eigenvalue weighted by Gasteiger charge is -2.23. The van der Waals surface area contributed by atoms with Gasteiger partial charge in [-0.25, -0.2) is 4.79 Å². The van der Waals surface area contributed by atoms with E-state index < -0.39 is 11.8 Å². The number of carbonyl (C=O) groups is 1. The summed E-state index contributed by atoms with van der Waals surface area (Å²) >= 11 is 0. The van der Waals surface area contributed by atoms with Gasteiger partial charge in [0.25, 0.3) is 0 Å². The van der Waals surface area contributed by atoms with Crippen molar-refractivity contribution in [3.8, 4) is 0 Å². The van der Waals surface area contributed by atoms with Crippen molar-refractivity contribution in [1.82, 2.24) is 0 Å². The first-order chi connectivity index (χ1) is 7.92. The van der Waals surface area contributed by atoms with Crippen molar-refractivity contribution in [3.05, 3.63) is 29.3 Å². The molecule has 94 valence electrons. The number of esters is 1. The van der Waals surface area contributed by atoms with Gasteiger partial charge in [0.1, 0.15) is 0 Å². The standard InChI is InChI=1S/C12H17NO4/c1-3-12(15,16)10-7-8(13)5-6-9(10)11(14)17-4-2/h5-7,15-16H,3-4,13H2,1-2H3. The van der Waals surface area contributed by atoms with Gasteiger partial charge in [-0.1, -0.05) is 6.92 Å². The lowest BCUT2D eigenvalue weighted by molar-refractivity contribution is -0.171. The van der Waals surface area contributed by atoms with Crippen LogP contribution in [0.15, 0.2) is 18.2 Å². The second-order valence-corrected chi connectivity index (χ2v) is 3.70. The largest absolute Gasteiger partial charge is 0.462 e. The van der Waals surface area contributed by atoms with Gasteiger partial charge >= 0.3 is 5.97 Å². The molecule has 0 heterocycles. The number of ether oxygens (including phenoxy) is 1. The Morgan fingerprint density at radius 1 is 1.41 bits per heavy atom. The maximum Gasteiger partial charge on any atom is 0.338 e. The van der Waals surface area contributed by atoms with Crippen LogP contribution in [-0.4, -0.2) is 22.8 Å². The fourth-order valence-corrected chi connectivity index (χ4v) is 1.47. The summed E-state index contributed by atoms with van der Waals surface area (Å²) in [5, 5.41) is 19.6. The van der Waals surface area contributed by atoms with E-state index in [0.29, 0.717) is 5.69 Å². The summed E-state index contributed by atoms with van der Waals surface area (Å²) in [7, 11) is 0. The van der Waals surface area contributed by atoms with E-state index in [-0.39, 0.29) is 24.2 Å². The Balaban J connectivity index is 3.26. The Morgan fingerprint density at radius 3 is 2.59 bits per heavy atom. The predicted octanol–water partition coefficient (Wildman–Crippen LogP) is 0.993. The van der Waals surface area contributed by atoms with E-state index in [2.05, 4.69) is 0 Å². The average Bonchev–Trinajstić information content (AvgIpc) is 2.29. The zero-order valence-electron chi connectivity index (χ0n) is 9.93. The highest BCUT2D eigenvalue weighted by Gasteiger charge is 2.29. The monoisotopic (exact) mass is 239 g/mol. The first-order valence-corrected chi connectivity index (χ1v) is 5.44. The Hall–Kier alpha value is -1.59. The minimum Gasteiger partial charge on any atom is -0.462 e. The summed E-state index contributed by atoms with van der Waals surface area (Å²) in [6.45, 7) is 3.50. The second kappa shape index (κ2) is 5.16. The van der Waals surface area contributed by atoms with E-state index in [1.54, 1.807) is 13.8 Å². The molecule has 0 fully saturated rings. The summed E-state index contributed by atoms with van der Waals surface area (Å²) in [6.07, 6.45) is 0.0445. The van der Waals surface area contributed by atoms with Crippen molar-refractivity contribution in [2.75, 3.05) is 12.3 Å². The van der Waals surface area contributed by atoms with Gasteiger partial charge in [0.05, 0.1) is 12.2 Å². The summed E-state index contributed by atoms with van der Waals surface area (Å²) in [6, 6.07) is 4.32. The van der Waals surface area contributed by atoms with Gasteiger partial charge in [-0.2, -0.15) is 0 Å². The van der Waals surface area contributed by atoms with Crippen LogP contribution in [0, 0.1) is 0 Å². The van der Waals surface area contributed by atoms with Crippen LogP contribution < -0.4 is 5.73 Å². The molecule has 5 nitrogen and oxygen atoms in total. The van der Waals surface area contributed by atoms with Gasteiger partial charge in [0.2, 0.25) is 0 Å². The summed E-state index contributed by atoms with van der Waals surface area (Å²) in [5.74, 6) is -2.68. The van der Waals surface area contributed by atoms with Crippen molar-refractivity contribution in [2.45, 2.75) is 26.1 Å². The molecule has 1 aromatic rings. The summed E-state index contributed by atoms with van der Waals surface area (Å²) in [5.41, 5.74) is 6.12. The number of hydrogen-bond donors (Lipinski definition) is 3. The highest BCUT2D eigenvalue weighted by atomic mass is 16.5. The topological polar surface area (TPSA) is 92.8 Å². The predicted molar refractivity (Wildman–Crippen MR) is 63.2 cm³/mol. The fraction of sp³-hybridized carbons (Fsp3) is 0.417. The zero-order chi connectivity index (χ0) is 13.1. The van der Waals surface area contributed by atoms with Crippen LogP contribution in [0.25, 0.3) is 0 Å². The number of carbonyl (C=O) groups excluding carboxylic acids is 1. The van der Waals surface area contributed by atoms with E-state index in [4.69, 9.17) is 10.5 Å². The van der Waals surface area contributed by atoms with Crippen LogP contribution >= 0.6 is 0 Å². The van der Waals surface area contributed by atoms with Crippen LogP contribution in [0.1, 0.15) is 36.2 Å². The molecule has 0 aliphatic carbocycles. The third-order valence-electron chi connectivity index (χ3n) is 2.46. The van der Waals surface area contributed by atoms with E-state index >= 15 is 0 Å². The van der Waals surface area contributed by atoms with Gasteiger partial charge in [-0.15, -0.1) is 0 Å². The van der Waals surface area contributed by atoms with E-state index in [1.807, 2.05) is 0 Å². The zero-order valence-corrected chi connectivity index (χ0v) is 9.93. The number of nitrogen functional groups attached to an aromatic ring is 1. The highest BCUT2D eigenvalue weighted by molar-refractivity contribution is 5.92. The van der Waals surface area contributed by atoms with Crippen LogP contribution in [-0.2, 0) is 10.5 Å². The minimum absolute atomic E-state index is 0.0445. The normalized spacial score (nSPS) is 11.3. The number of rotatable bonds is 4. The number of benzene rings is 1. The van der Waals surface area contributed by atoms with Crippen LogP contribution in [0.4, 0.5) is 5.69 Å². The van der Waals surface area contributed by atoms with Crippen molar-refractivity contribution in [3.63, 3.8) is 0 Å². The number of aliphatic hydroxyl groups is 2. The molecule has 1 aromatic carbocycles. The molecule has 5 heteroatoms. The van der Waals surface area contributed by atoms with Crippen molar-refractivity contribution in [2.24, 2.45) is 0 Å². The Labute approximate surface area is 99.8 Å². The molecule has 1 rings (SSSR count). The average molecular weight is 239 g/mol. The molecular formula is C12H17NO4. The quantitative estimate of drug-likeness (QED) is 0.414. The molecule has 0 unspecified atom stereocenters. The van der Waals surface area contributed by atoms with Gasteiger partial charge < -0.3 is 20.7 Å². The molecule has 0 amide bonds. The smallest absolute Gasteiger partial charge is 0.338 e. The van der Waals surface area contributed by atoms with Crippen LogP contribution in [0.5, 0.6) is 0 Å². The van der Waals surface area contributed by atoms with Gasteiger partial charge in [-0.05, 0) is 25.1 Å². The van der Waals surface area contributed by atoms with E-state index in [0.717, 1.165) is 0 Å². The molecule has 0 radical (unpaired) electrons. The van der Waals surface area contributed by atoms with Gasteiger partial charge in [-0.3, -0.25) is 0 Å². The molecule has 17 heavy (non-hydrogen) atoms. The molecule has 0 saturated heterocycles. The first-order valence-electron chi connectivity index (χ1n) is 5.44. The highest BCUT2D eigenvalue weighted by Crippen LogP contribution is 2.27. The van der Waals surface area contributed by atoms with E-state index in [9.17, 15) is 15.0 Å². The van der Waals surface area contributed by atoms with Crippen molar-refractivity contribution < 1.29 is 19.7 Å². The lowest BCUT2D eigenvalue weighted by Crippen LogP contribution is -2.27. The number of nitrogens with two attached hydrogens (primary N) is 1. The Kier molecular flexibility index (Phi) is 4.09. The van der Waals surface area contributed by atoms with Gasteiger partial charge in [0, 0.05) is 17.7 Å². The van der Waals surface area contributed by atoms with Gasteiger partial charge in [0.15, 0.2) is 5.79 Å². The SMILES string of the molecule is CCOC(=O)c1ccc(N)cc1C(O)(O)CC. The van der Waals surface area contributed by atoms with E-state index in [1.165, 1.54) is 18.2 Å². The third-order valence-corrected chi connectivity index (χ3v) is 2.46. The number of anilines is 1. The third kappa shape index (κ3) is 2.95. The molecular weight excluding hydrogens is 222 g/mol. The van der Waals surface area contributed by atoms with Crippen LogP contribution in [0.3, 0.4) is 0 Å². The maximum atomic E-state index is 11.7. The summed E-state index contributed by atoms with van der Waals surface area (Å²) in [4.78, 5) is 11.7. The van der Waals surface area contributed by atoms with Crippen molar-refractivity contribution >= 4 is 11.7 Å². The molecule has 4 N–H and O–H groups in total. The Bertz CT molecular complexity index is 415. The number of hydrogen-bond acceptors (Lipinski definition) is 5. The lowest BCUT2D eigenvalue weighted by atomic mass is 9.97. The maximum absolute atomic E-state index is 11.7. The van der Waals surface area contributed by atoms with Crippen molar-refractivity contribution in [1.29, 1.82) is 0 Å². The second-order valence-electron chi connectivity index (χ2n) is 3.70. The molecule has 0 aliphatic heterocycles. The fourth-order valence-electron chi connectivity index (χ4n) is 1.47. The molecule has 0 atom stereocenters. The molecule has 0 bridgehead atoms. The van der Waals surface area contributed by atoms with Crippen LogP contribution in [0.2, 0.25) is 0 Å². The molecule has 0 spiro atoms. The molecule has 0 aromatic heterocycles.